The maximum atomic E-state index is 12.7. The highest BCUT2D eigenvalue weighted by atomic mass is 16.6. The van der Waals surface area contributed by atoms with Gasteiger partial charge in [-0.05, 0) is 50.7 Å². The number of nitrogens with zero attached hydrogens (tertiary/aromatic N) is 1. The average Bonchev–Trinajstić information content (AvgIpc) is 2.78. The zero-order valence-electron chi connectivity index (χ0n) is 14.7. The number of ether oxygens (including phenoxy) is 1. The van der Waals surface area contributed by atoms with Gasteiger partial charge in [0, 0.05) is 18.8 Å². The van der Waals surface area contributed by atoms with Crippen LogP contribution in [0.2, 0.25) is 0 Å². The molecular formula is C17H23BN2O5. The van der Waals surface area contributed by atoms with Crippen molar-refractivity contribution in [1.82, 2.24) is 4.90 Å². The van der Waals surface area contributed by atoms with E-state index in [-0.39, 0.29) is 5.91 Å². The first-order valence-corrected chi connectivity index (χ1v) is 8.43. The number of anilines is 1. The van der Waals surface area contributed by atoms with Gasteiger partial charge < -0.3 is 25.0 Å². The molecule has 0 atom stereocenters. The summed E-state index contributed by atoms with van der Waals surface area (Å²) in [4.78, 5) is 26.5. The van der Waals surface area contributed by atoms with Gasteiger partial charge in [-0.2, -0.15) is 0 Å². The van der Waals surface area contributed by atoms with E-state index in [4.69, 9.17) is 4.74 Å². The van der Waals surface area contributed by atoms with Gasteiger partial charge in [0.15, 0.2) is 0 Å². The zero-order valence-corrected chi connectivity index (χ0v) is 14.7. The summed E-state index contributed by atoms with van der Waals surface area (Å²) in [6.07, 6.45) is 0.431. The van der Waals surface area contributed by atoms with Crippen LogP contribution in [0.1, 0.15) is 39.2 Å². The minimum absolute atomic E-state index is 0.153. The fourth-order valence-corrected chi connectivity index (χ4v) is 3.65. The van der Waals surface area contributed by atoms with E-state index in [9.17, 15) is 19.6 Å². The Bertz CT molecular complexity index is 705. The van der Waals surface area contributed by atoms with Gasteiger partial charge in [0.25, 0.3) is 0 Å². The molecule has 0 saturated carbocycles. The number of benzene rings is 1. The number of hydrogen-bond acceptors (Lipinski definition) is 5. The Morgan fingerprint density at radius 1 is 1.28 bits per heavy atom. The SMILES string of the molecule is CC(C)(C)OC(=O)N1CCC2(CC1)C(=O)Nc1cccc(B(O)O)c12. The van der Waals surface area contributed by atoms with Crippen LogP contribution in [0.3, 0.4) is 0 Å². The molecule has 8 heteroatoms. The fourth-order valence-electron chi connectivity index (χ4n) is 3.65. The molecule has 3 N–H and O–H groups in total. The molecule has 0 radical (unpaired) electrons. The Hall–Kier alpha value is -2.06. The Kier molecular flexibility index (Phi) is 4.29. The highest BCUT2D eigenvalue weighted by Gasteiger charge is 2.51. The van der Waals surface area contributed by atoms with Crippen LogP contribution in [-0.4, -0.2) is 52.8 Å². The summed E-state index contributed by atoms with van der Waals surface area (Å²) in [5, 5.41) is 22.2. The third kappa shape index (κ3) is 3.11. The number of carbonyl (C=O) groups excluding carboxylic acids is 2. The lowest BCUT2D eigenvalue weighted by Gasteiger charge is -2.39. The van der Waals surface area contributed by atoms with Crippen molar-refractivity contribution in [2.75, 3.05) is 18.4 Å². The van der Waals surface area contributed by atoms with Crippen molar-refractivity contribution in [2.45, 2.75) is 44.6 Å². The second kappa shape index (κ2) is 6.03. The number of fused-ring (bicyclic) bond motifs is 2. The third-order valence-electron chi connectivity index (χ3n) is 4.80. The summed E-state index contributed by atoms with van der Waals surface area (Å²) >= 11 is 0. The largest absolute Gasteiger partial charge is 0.488 e. The molecule has 2 heterocycles. The summed E-state index contributed by atoms with van der Waals surface area (Å²) in [5.74, 6) is -0.153. The van der Waals surface area contributed by atoms with E-state index in [0.717, 1.165) is 0 Å². The van der Waals surface area contributed by atoms with Gasteiger partial charge in [-0.3, -0.25) is 4.79 Å². The van der Waals surface area contributed by atoms with E-state index in [1.807, 2.05) is 20.8 Å². The van der Waals surface area contributed by atoms with Crippen molar-refractivity contribution in [3.8, 4) is 0 Å². The number of piperidine rings is 1. The van der Waals surface area contributed by atoms with Gasteiger partial charge in [-0.15, -0.1) is 0 Å². The van der Waals surface area contributed by atoms with Crippen LogP contribution in [0.5, 0.6) is 0 Å². The molecule has 1 saturated heterocycles. The van der Waals surface area contributed by atoms with E-state index < -0.39 is 24.2 Å². The highest BCUT2D eigenvalue weighted by molar-refractivity contribution is 6.59. The maximum absolute atomic E-state index is 12.7. The van der Waals surface area contributed by atoms with Crippen molar-refractivity contribution in [1.29, 1.82) is 0 Å². The summed E-state index contributed by atoms with van der Waals surface area (Å²) < 4.78 is 5.39. The summed E-state index contributed by atoms with van der Waals surface area (Å²) in [7, 11) is -1.65. The molecule has 3 rings (SSSR count). The number of nitrogens with one attached hydrogen (secondary N) is 1. The molecule has 1 aromatic carbocycles. The van der Waals surface area contributed by atoms with Gasteiger partial charge in [-0.1, -0.05) is 12.1 Å². The predicted octanol–water partition coefficient (Wildman–Crippen LogP) is 0.587. The van der Waals surface area contributed by atoms with Crippen LogP contribution < -0.4 is 10.8 Å². The number of likely N-dealkylation sites (tertiary alicyclic amines) is 1. The molecule has 7 nitrogen and oxygen atoms in total. The van der Waals surface area contributed by atoms with E-state index >= 15 is 0 Å². The molecule has 1 spiro atoms. The summed E-state index contributed by atoms with van der Waals surface area (Å²) in [6.45, 7) is 6.18. The van der Waals surface area contributed by atoms with Crippen LogP contribution in [0, 0.1) is 0 Å². The van der Waals surface area contributed by atoms with E-state index in [1.165, 1.54) is 0 Å². The smallest absolute Gasteiger partial charge is 0.444 e. The van der Waals surface area contributed by atoms with E-state index in [2.05, 4.69) is 5.32 Å². The Labute approximate surface area is 147 Å². The lowest BCUT2D eigenvalue weighted by atomic mass is 9.65. The first-order valence-electron chi connectivity index (χ1n) is 8.43. The topological polar surface area (TPSA) is 99.1 Å². The normalized spacial score (nSPS) is 18.8. The first kappa shape index (κ1) is 17.8. The van der Waals surface area contributed by atoms with Crippen molar-refractivity contribution in [2.24, 2.45) is 0 Å². The van der Waals surface area contributed by atoms with Gasteiger partial charge >= 0.3 is 13.2 Å². The van der Waals surface area contributed by atoms with Crippen LogP contribution in [0.4, 0.5) is 10.5 Å². The molecule has 2 aliphatic heterocycles. The molecule has 0 bridgehead atoms. The quantitative estimate of drug-likeness (QED) is 0.647. The highest BCUT2D eigenvalue weighted by Crippen LogP contribution is 2.44. The molecule has 2 amide bonds. The van der Waals surface area contributed by atoms with Crippen LogP contribution in [-0.2, 0) is 14.9 Å². The van der Waals surface area contributed by atoms with Gasteiger partial charge in [-0.25, -0.2) is 4.79 Å². The molecule has 0 unspecified atom stereocenters. The fraction of sp³-hybridized carbons (Fsp3) is 0.529. The van der Waals surface area contributed by atoms with Crippen molar-refractivity contribution in [3.05, 3.63) is 23.8 Å². The zero-order chi connectivity index (χ0) is 18.4. The second-order valence-electron chi connectivity index (χ2n) is 7.65. The molecule has 25 heavy (non-hydrogen) atoms. The number of amides is 2. The lowest BCUT2D eigenvalue weighted by Crippen LogP contribution is -2.51. The summed E-state index contributed by atoms with van der Waals surface area (Å²) in [6, 6.07) is 5.06. The van der Waals surface area contributed by atoms with E-state index in [1.54, 1.807) is 23.1 Å². The molecule has 134 valence electrons. The van der Waals surface area contributed by atoms with Crippen molar-refractivity contribution < 1.29 is 24.4 Å². The van der Waals surface area contributed by atoms with Crippen LogP contribution in [0.15, 0.2) is 18.2 Å². The Morgan fingerprint density at radius 2 is 1.92 bits per heavy atom. The minimum Gasteiger partial charge on any atom is -0.444 e. The third-order valence-corrected chi connectivity index (χ3v) is 4.80. The summed E-state index contributed by atoms with van der Waals surface area (Å²) in [5.41, 5.74) is 0.174. The molecule has 1 fully saturated rings. The average molecular weight is 346 g/mol. The Morgan fingerprint density at radius 3 is 2.48 bits per heavy atom. The number of carbonyl (C=O) groups is 2. The predicted molar refractivity (Wildman–Crippen MR) is 93.6 cm³/mol. The first-order chi connectivity index (χ1) is 11.6. The van der Waals surface area contributed by atoms with Crippen molar-refractivity contribution >= 4 is 30.3 Å². The van der Waals surface area contributed by atoms with Crippen LogP contribution >= 0.6 is 0 Å². The van der Waals surface area contributed by atoms with Gasteiger partial charge in [0.1, 0.15) is 5.60 Å². The molecule has 0 aromatic heterocycles. The monoisotopic (exact) mass is 346 g/mol. The second-order valence-corrected chi connectivity index (χ2v) is 7.65. The van der Waals surface area contributed by atoms with Gasteiger partial charge in [0.05, 0.1) is 5.41 Å². The standard InChI is InChI=1S/C17H23BN2O5/c1-16(2,3)25-15(22)20-9-7-17(8-10-20)13-11(18(23)24)5-4-6-12(13)19-14(17)21/h4-6,23-24H,7-10H2,1-3H3,(H,19,21). The maximum Gasteiger partial charge on any atom is 0.488 e. The minimum atomic E-state index is -1.65. The molecular weight excluding hydrogens is 323 g/mol. The lowest BCUT2D eigenvalue weighted by molar-refractivity contribution is -0.122. The van der Waals surface area contributed by atoms with Crippen LogP contribution in [0.25, 0.3) is 0 Å². The molecule has 2 aliphatic rings. The van der Waals surface area contributed by atoms with Crippen molar-refractivity contribution in [3.63, 3.8) is 0 Å². The number of hydrogen-bond donors (Lipinski definition) is 3. The van der Waals surface area contributed by atoms with E-state index in [0.29, 0.717) is 42.6 Å². The van der Waals surface area contributed by atoms with Gasteiger partial charge in [0.2, 0.25) is 5.91 Å². The Balaban J connectivity index is 1.85. The number of rotatable bonds is 1. The molecule has 0 aliphatic carbocycles. The molecule has 1 aromatic rings.